The van der Waals surface area contributed by atoms with Crippen LogP contribution in [-0.2, 0) is 19.1 Å². The molecule has 0 saturated carbocycles. The maximum atomic E-state index is 13.4. The van der Waals surface area contributed by atoms with E-state index in [0.29, 0.717) is 46.9 Å². The Hall–Kier alpha value is -3.99. The van der Waals surface area contributed by atoms with E-state index in [2.05, 4.69) is 4.98 Å². The Morgan fingerprint density at radius 1 is 1.18 bits per heavy atom. The predicted molar refractivity (Wildman–Crippen MR) is 135 cm³/mol. The number of carbonyl (C=O) groups excluding carboxylic acids is 1. The molecule has 5 rings (SSSR count). The normalized spacial score (nSPS) is 13.5. The maximum Gasteiger partial charge on any atom is 0.416 e. The monoisotopic (exact) mass is 546 g/mol. The minimum absolute atomic E-state index is 0.00611. The van der Waals surface area contributed by atoms with Crippen LogP contribution >= 0.6 is 11.6 Å². The second kappa shape index (κ2) is 9.71. The van der Waals surface area contributed by atoms with E-state index in [4.69, 9.17) is 20.9 Å². The van der Waals surface area contributed by atoms with E-state index >= 15 is 0 Å². The average molecular weight is 547 g/mol. The van der Waals surface area contributed by atoms with Crippen molar-refractivity contribution < 1.29 is 27.2 Å². The highest BCUT2D eigenvalue weighted by Gasteiger charge is 2.32. The van der Waals surface area contributed by atoms with Crippen molar-refractivity contribution in [2.45, 2.75) is 26.1 Å². The molecule has 1 aliphatic heterocycles. The van der Waals surface area contributed by atoms with Gasteiger partial charge in [-0.05, 0) is 55.5 Å². The Morgan fingerprint density at radius 2 is 1.92 bits per heavy atom. The molecule has 0 unspecified atom stereocenters. The number of halogens is 4. The van der Waals surface area contributed by atoms with E-state index in [1.165, 1.54) is 24.1 Å². The first kappa shape index (κ1) is 25.7. The van der Waals surface area contributed by atoms with Gasteiger partial charge in [0.2, 0.25) is 5.95 Å². The summed E-state index contributed by atoms with van der Waals surface area (Å²) in [5, 5.41) is 1.21. The van der Waals surface area contributed by atoms with E-state index < -0.39 is 17.3 Å². The average Bonchev–Trinajstić information content (AvgIpc) is 3.32. The molecule has 8 nitrogen and oxygen atoms in total. The van der Waals surface area contributed by atoms with Gasteiger partial charge in [-0.15, -0.1) is 4.73 Å². The van der Waals surface area contributed by atoms with Gasteiger partial charge in [-0.2, -0.15) is 13.2 Å². The second-order valence-corrected chi connectivity index (χ2v) is 9.11. The Labute approximate surface area is 219 Å². The van der Waals surface area contributed by atoms with Crippen LogP contribution in [0.2, 0.25) is 5.02 Å². The summed E-state index contributed by atoms with van der Waals surface area (Å²) in [5.41, 5.74) is 0.424. The fourth-order valence-corrected chi connectivity index (χ4v) is 4.68. The summed E-state index contributed by atoms with van der Waals surface area (Å²) in [4.78, 5) is 39.7. The lowest BCUT2D eigenvalue weighted by Gasteiger charge is -2.30. The summed E-state index contributed by atoms with van der Waals surface area (Å²) in [6.07, 6.45) is -4.17. The number of carbonyl (C=O) groups is 1. The van der Waals surface area contributed by atoms with Crippen LogP contribution in [0.15, 0.2) is 57.7 Å². The molecule has 12 heteroatoms. The van der Waals surface area contributed by atoms with Crippen molar-refractivity contribution in [3.8, 4) is 0 Å². The molecule has 3 heterocycles. The number of anilines is 2. The van der Waals surface area contributed by atoms with Crippen LogP contribution in [0.4, 0.5) is 24.8 Å². The zero-order valence-corrected chi connectivity index (χ0v) is 21.1. The molecule has 0 N–H and O–H groups in total. The molecule has 0 aliphatic carbocycles. The van der Waals surface area contributed by atoms with Gasteiger partial charge in [0.1, 0.15) is 12.7 Å². The van der Waals surface area contributed by atoms with Crippen LogP contribution in [0, 0.1) is 0 Å². The van der Waals surface area contributed by atoms with Gasteiger partial charge in [0.15, 0.2) is 5.76 Å². The highest BCUT2D eigenvalue weighted by atomic mass is 35.5. The Bertz CT molecular complexity index is 1580. The molecule has 0 spiro atoms. The molecule has 0 atom stereocenters. The van der Waals surface area contributed by atoms with E-state index in [0.717, 1.165) is 16.9 Å². The number of aromatic nitrogens is 2. The first-order valence-corrected chi connectivity index (χ1v) is 12.1. The number of benzene rings is 2. The van der Waals surface area contributed by atoms with Gasteiger partial charge >= 0.3 is 6.18 Å². The number of fused-ring (bicyclic) bond motifs is 2. The molecule has 0 bridgehead atoms. The molecule has 1 aliphatic rings. The molecular weight excluding hydrogens is 525 g/mol. The van der Waals surface area contributed by atoms with E-state index in [-0.39, 0.29) is 29.7 Å². The summed E-state index contributed by atoms with van der Waals surface area (Å²) < 4.78 is 45.7. The van der Waals surface area contributed by atoms with Gasteiger partial charge < -0.3 is 19.1 Å². The Balaban J connectivity index is 1.46. The quantitative estimate of drug-likeness (QED) is 0.347. The number of amides is 1. The van der Waals surface area contributed by atoms with Crippen molar-refractivity contribution in [2.75, 3.05) is 25.1 Å². The van der Waals surface area contributed by atoms with Crippen molar-refractivity contribution >= 4 is 40.1 Å². The topological polar surface area (TPSA) is 80.8 Å². The van der Waals surface area contributed by atoms with Crippen LogP contribution in [0.25, 0.3) is 11.0 Å². The molecule has 2 aromatic carbocycles. The zero-order chi connectivity index (χ0) is 27.2. The van der Waals surface area contributed by atoms with Crippen molar-refractivity contribution in [2.24, 2.45) is 0 Å². The summed E-state index contributed by atoms with van der Waals surface area (Å²) in [6, 6.07) is 11.2. The lowest BCUT2D eigenvalue weighted by Crippen LogP contribution is -2.43. The van der Waals surface area contributed by atoms with E-state index in [1.54, 1.807) is 36.1 Å². The van der Waals surface area contributed by atoms with Crippen molar-refractivity contribution in [1.82, 2.24) is 14.6 Å². The number of furan rings is 1. The lowest BCUT2D eigenvalue weighted by atomic mass is 10.1. The molecule has 0 radical (unpaired) electrons. The summed E-state index contributed by atoms with van der Waals surface area (Å²) in [6.45, 7) is 2.37. The summed E-state index contributed by atoms with van der Waals surface area (Å²) in [7, 11) is 1.30. The SMILES string of the molecule is CCN(c1ccc(C(F)(F)F)cc1)c1nc2c(c(=O)n1OC)CN(C(=O)c1cc3cc(Cl)ccc3o1)CC2. The van der Waals surface area contributed by atoms with Crippen molar-refractivity contribution in [3.05, 3.63) is 86.5 Å². The van der Waals surface area contributed by atoms with Crippen LogP contribution in [0.5, 0.6) is 0 Å². The first-order chi connectivity index (χ1) is 18.1. The Kier molecular flexibility index (Phi) is 6.56. The van der Waals surface area contributed by atoms with Crippen LogP contribution in [-0.4, -0.2) is 40.7 Å². The first-order valence-electron chi connectivity index (χ1n) is 11.7. The number of rotatable bonds is 5. The second-order valence-electron chi connectivity index (χ2n) is 8.68. The van der Waals surface area contributed by atoms with Gasteiger partial charge in [0.25, 0.3) is 11.5 Å². The highest BCUT2D eigenvalue weighted by molar-refractivity contribution is 6.31. The molecule has 4 aromatic rings. The number of alkyl halides is 3. The summed E-state index contributed by atoms with van der Waals surface area (Å²) >= 11 is 6.03. The minimum Gasteiger partial charge on any atom is -0.451 e. The van der Waals surface area contributed by atoms with E-state index in [9.17, 15) is 22.8 Å². The third kappa shape index (κ3) is 4.58. The predicted octanol–water partition coefficient (Wildman–Crippen LogP) is 5.08. The summed E-state index contributed by atoms with van der Waals surface area (Å²) in [5.74, 6) is -0.121. The fraction of sp³-hybridized carbons (Fsp3) is 0.269. The third-order valence-electron chi connectivity index (χ3n) is 6.40. The highest BCUT2D eigenvalue weighted by Crippen LogP contribution is 2.32. The minimum atomic E-state index is -4.47. The van der Waals surface area contributed by atoms with Crippen molar-refractivity contribution in [1.29, 1.82) is 0 Å². The number of hydrogen-bond donors (Lipinski definition) is 0. The molecule has 0 fully saturated rings. The van der Waals surface area contributed by atoms with Crippen LogP contribution in [0.1, 0.15) is 34.3 Å². The standard InChI is InChI=1S/C26H22ClF3N4O4/c1-3-33(18-7-4-16(5-8-18)26(28,29)30)25-31-20-10-11-32(14-19(20)23(35)34(25)37-2)24(36)22-13-15-12-17(27)6-9-21(15)38-22/h4-9,12-13H,3,10-11,14H2,1-2H3. The Morgan fingerprint density at radius 3 is 2.58 bits per heavy atom. The van der Waals surface area contributed by atoms with Gasteiger partial charge in [-0.25, -0.2) is 4.98 Å². The lowest BCUT2D eigenvalue weighted by molar-refractivity contribution is -0.137. The number of nitrogens with zero attached hydrogens (tertiary/aromatic N) is 4. The largest absolute Gasteiger partial charge is 0.451 e. The molecule has 1 amide bonds. The molecular formula is C26H22ClF3N4O4. The molecule has 38 heavy (non-hydrogen) atoms. The van der Waals surface area contributed by atoms with E-state index in [1.807, 2.05) is 0 Å². The van der Waals surface area contributed by atoms with Gasteiger partial charge in [0.05, 0.1) is 23.4 Å². The molecule has 0 saturated heterocycles. The van der Waals surface area contributed by atoms with Crippen LogP contribution < -0.4 is 15.3 Å². The fourth-order valence-electron chi connectivity index (χ4n) is 4.50. The third-order valence-corrected chi connectivity index (χ3v) is 6.63. The van der Waals surface area contributed by atoms with Crippen LogP contribution in [0.3, 0.4) is 0 Å². The van der Waals surface area contributed by atoms with Gasteiger partial charge in [-0.3, -0.25) is 9.59 Å². The van der Waals surface area contributed by atoms with Gasteiger partial charge in [-0.1, -0.05) is 11.6 Å². The zero-order valence-electron chi connectivity index (χ0n) is 20.4. The molecule has 198 valence electrons. The smallest absolute Gasteiger partial charge is 0.416 e. The maximum absolute atomic E-state index is 13.4. The number of hydrogen-bond acceptors (Lipinski definition) is 6. The molecule has 2 aromatic heterocycles. The van der Waals surface area contributed by atoms with Crippen molar-refractivity contribution in [3.63, 3.8) is 0 Å². The van der Waals surface area contributed by atoms with Gasteiger partial charge in [0, 0.05) is 35.6 Å².